The average molecular weight is 293 g/mol. The molecule has 2 aliphatic heterocycles. The van der Waals surface area contributed by atoms with E-state index < -0.39 is 0 Å². The van der Waals surface area contributed by atoms with E-state index in [0.29, 0.717) is 12.3 Å². The average Bonchev–Trinajstić information content (AvgIpc) is 2.84. The third-order valence-electron chi connectivity index (χ3n) is 3.68. The third kappa shape index (κ3) is 3.46. The van der Waals surface area contributed by atoms with Crippen LogP contribution in [0.15, 0.2) is 18.2 Å². The fourth-order valence-corrected chi connectivity index (χ4v) is 2.94. The molecular weight excluding hydrogens is 272 g/mol. The van der Waals surface area contributed by atoms with Crippen LogP contribution in [0, 0.1) is 0 Å². The van der Waals surface area contributed by atoms with Gasteiger partial charge in [0.1, 0.15) is 25.3 Å². The fourth-order valence-electron chi connectivity index (χ4n) is 2.94. The van der Waals surface area contributed by atoms with Crippen LogP contribution in [0.4, 0.5) is 5.69 Å². The predicted molar refractivity (Wildman–Crippen MR) is 76.8 cm³/mol. The Morgan fingerprint density at radius 1 is 1.24 bits per heavy atom. The van der Waals surface area contributed by atoms with Gasteiger partial charge in [0.05, 0.1) is 0 Å². The molecule has 1 fully saturated rings. The van der Waals surface area contributed by atoms with E-state index in [1.54, 1.807) is 6.07 Å². The molecule has 21 heavy (non-hydrogen) atoms. The van der Waals surface area contributed by atoms with Gasteiger partial charge >= 0.3 is 0 Å². The summed E-state index contributed by atoms with van der Waals surface area (Å²) in [5.74, 6) is 1.40. The summed E-state index contributed by atoms with van der Waals surface area (Å²) in [4.78, 5) is 13.4. The van der Waals surface area contributed by atoms with Crippen molar-refractivity contribution >= 4 is 11.6 Å². The van der Waals surface area contributed by atoms with E-state index in [4.69, 9.17) is 14.2 Å². The Hall–Kier alpha value is -1.79. The van der Waals surface area contributed by atoms with Crippen LogP contribution >= 0.6 is 0 Å². The monoisotopic (exact) mass is 293 g/mol. The molecule has 2 aliphatic rings. The first kappa shape index (κ1) is 14.2. The van der Waals surface area contributed by atoms with E-state index in [-0.39, 0.29) is 24.9 Å². The molecule has 6 nitrogen and oxygen atoms in total. The van der Waals surface area contributed by atoms with Crippen LogP contribution in [0.1, 0.15) is 13.8 Å². The van der Waals surface area contributed by atoms with Gasteiger partial charge in [0.2, 0.25) is 6.79 Å². The van der Waals surface area contributed by atoms with Crippen LogP contribution in [0.3, 0.4) is 0 Å². The highest BCUT2D eigenvalue weighted by Gasteiger charge is 2.27. The van der Waals surface area contributed by atoms with E-state index in [9.17, 15) is 4.79 Å². The zero-order valence-corrected chi connectivity index (χ0v) is 12.3. The maximum absolute atomic E-state index is 12.1. The minimum Gasteiger partial charge on any atom is -0.454 e. The number of hydrogen-bond acceptors (Lipinski definition) is 4. The lowest BCUT2D eigenvalue weighted by atomic mass is 10.2. The number of quaternary nitrogens is 1. The van der Waals surface area contributed by atoms with Gasteiger partial charge < -0.3 is 24.4 Å². The Bertz CT molecular complexity index is 524. The SMILES string of the molecule is C[C@@H]1C[NH+](CC(=O)Nc2ccc3c(c2)OCO3)C[C@@H](C)O1. The van der Waals surface area contributed by atoms with Crippen molar-refractivity contribution in [3.8, 4) is 11.5 Å². The van der Waals surface area contributed by atoms with Crippen molar-refractivity contribution in [2.75, 3.05) is 31.7 Å². The maximum Gasteiger partial charge on any atom is 0.279 e. The molecule has 0 saturated carbocycles. The van der Waals surface area contributed by atoms with Crippen molar-refractivity contribution in [2.24, 2.45) is 0 Å². The number of anilines is 1. The second kappa shape index (κ2) is 5.91. The van der Waals surface area contributed by atoms with E-state index in [1.807, 2.05) is 26.0 Å². The molecule has 0 aliphatic carbocycles. The van der Waals surface area contributed by atoms with Gasteiger partial charge in [-0.3, -0.25) is 4.79 Å². The molecule has 0 spiro atoms. The molecular formula is C15H21N2O4+. The number of rotatable bonds is 3. The highest BCUT2D eigenvalue weighted by Crippen LogP contribution is 2.34. The summed E-state index contributed by atoms with van der Waals surface area (Å²) in [5, 5.41) is 2.91. The Balaban J connectivity index is 1.56. The number of hydrogen-bond donors (Lipinski definition) is 2. The van der Waals surface area contributed by atoms with Gasteiger partial charge in [0, 0.05) is 11.8 Å². The van der Waals surface area contributed by atoms with Crippen LogP contribution in [0.2, 0.25) is 0 Å². The summed E-state index contributed by atoms with van der Waals surface area (Å²) in [6, 6.07) is 5.43. The zero-order chi connectivity index (χ0) is 14.8. The Morgan fingerprint density at radius 2 is 1.95 bits per heavy atom. The number of carbonyl (C=O) groups is 1. The fraction of sp³-hybridized carbons (Fsp3) is 0.533. The smallest absolute Gasteiger partial charge is 0.279 e. The number of amides is 1. The first-order valence-corrected chi connectivity index (χ1v) is 7.28. The van der Waals surface area contributed by atoms with Crippen molar-refractivity contribution in [3.63, 3.8) is 0 Å². The molecule has 1 aromatic rings. The topological polar surface area (TPSA) is 61.2 Å². The number of fused-ring (bicyclic) bond motifs is 1. The molecule has 0 bridgehead atoms. The number of morpholine rings is 1. The summed E-state index contributed by atoms with van der Waals surface area (Å²) in [7, 11) is 0. The van der Waals surface area contributed by atoms with Crippen molar-refractivity contribution in [2.45, 2.75) is 26.1 Å². The molecule has 2 heterocycles. The highest BCUT2D eigenvalue weighted by molar-refractivity contribution is 5.91. The first-order valence-electron chi connectivity index (χ1n) is 7.28. The Kier molecular flexibility index (Phi) is 3.98. The summed E-state index contributed by atoms with van der Waals surface area (Å²) >= 11 is 0. The van der Waals surface area contributed by atoms with Gasteiger partial charge in [0.15, 0.2) is 18.0 Å². The number of ether oxygens (including phenoxy) is 3. The van der Waals surface area contributed by atoms with Crippen LogP contribution in [0.25, 0.3) is 0 Å². The number of carbonyl (C=O) groups excluding carboxylic acids is 1. The van der Waals surface area contributed by atoms with Crippen LogP contribution in [-0.2, 0) is 9.53 Å². The third-order valence-corrected chi connectivity index (χ3v) is 3.68. The number of nitrogens with one attached hydrogen (secondary N) is 2. The van der Waals surface area contributed by atoms with Gasteiger partial charge in [-0.15, -0.1) is 0 Å². The van der Waals surface area contributed by atoms with E-state index in [1.165, 1.54) is 4.90 Å². The molecule has 1 amide bonds. The molecule has 2 atom stereocenters. The standard InChI is InChI=1S/C15H20N2O4/c1-10-6-17(7-11(2)21-10)8-15(18)16-12-3-4-13-14(5-12)20-9-19-13/h3-5,10-11H,6-9H2,1-2H3,(H,16,18)/p+1/t10-,11-/m1/s1. The summed E-state index contributed by atoms with van der Waals surface area (Å²) in [5.41, 5.74) is 0.734. The summed E-state index contributed by atoms with van der Waals surface area (Å²) in [6.07, 6.45) is 0.393. The van der Waals surface area contributed by atoms with Gasteiger partial charge in [-0.25, -0.2) is 0 Å². The van der Waals surface area contributed by atoms with Crippen LogP contribution in [0.5, 0.6) is 11.5 Å². The van der Waals surface area contributed by atoms with Gasteiger partial charge in [0.25, 0.3) is 5.91 Å². The second-order valence-corrected chi connectivity index (χ2v) is 5.71. The molecule has 1 aromatic carbocycles. The number of benzene rings is 1. The predicted octanol–water partition coefficient (Wildman–Crippen LogP) is 0.0459. The van der Waals surface area contributed by atoms with E-state index >= 15 is 0 Å². The molecule has 114 valence electrons. The molecule has 0 aromatic heterocycles. The maximum atomic E-state index is 12.1. The lowest BCUT2D eigenvalue weighted by Crippen LogP contribution is -3.16. The summed E-state index contributed by atoms with van der Waals surface area (Å²) in [6.45, 7) is 6.50. The molecule has 0 radical (unpaired) electrons. The first-order chi connectivity index (χ1) is 10.1. The molecule has 2 N–H and O–H groups in total. The lowest BCUT2D eigenvalue weighted by Gasteiger charge is -2.31. The lowest BCUT2D eigenvalue weighted by molar-refractivity contribution is -0.907. The van der Waals surface area contributed by atoms with E-state index in [2.05, 4.69) is 5.32 Å². The summed E-state index contributed by atoms with van der Waals surface area (Å²) < 4.78 is 16.2. The molecule has 6 heteroatoms. The zero-order valence-electron chi connectivity index (χ0n) is 12.3. The molecule has 0 unspecified atom stereocenters. The van der Waals surface area contributed by atoms with E-state index in [0.717, 1.165) is 24.5 Å². The van der Waals surface area contributed by atoms with Crippen LogP contribution < -0.4 is 19.7 Å². The van der Waals surface area contributed by atoms with Crippen molar-refractivity contribution in [3.05, 3.63) is 18.2 Å². The van der Waals surface area contributed by atoms with Crippen molar-refractivity contribution in [1.29, 1.82) is 0 Å². The quantitative estimate of drug-likeness (QED) is 0.826. The Morgan fingerprint density at radius 3 is 2.71 bits per heavy atom. The van der Waals surface area contributed by atoms with Crippen molar-refractivity contribution in [1.82, 2.24) is 0 Å². The molecule has 3 rings (SSSR count). The highest BCUT2D eigenvalue weighted by atomic mass is 16.7. The Labute approximate surface area is 124 Å². The second-order valence-electron chi connectivity index (χ2n) is 5.71. The van der Waals surface area contributed by atoms with Gasteiger partial charge in [-0.1, -0.05) is 0 Å². The van der Waals surface area contributed by atoms with Gasteiger partial charge in [-0.2, -0.15) is 0 Å². The van der Waals surface area contributed by atoms with Gasteiger partial charge in [-0.05, 0) is 26.0 Å². The minimum absolute atomic E-state index is 0.00478. The largest absolute Gasteiger partial charge is 0.454 e. The van der Waals surface area contributed by atoms with Crippen LogP contribution in [-0.4, -0.2) is 44.5 Å². The minimum atomic E-state index is 0.00478. The molecule has 1 saturated heterocycles. The van der Waals surface area contributed by atoms with Crippen molar-refractivity contribution < 1.29 is 23.9 Å². The normalized spacial score (nSPS) is 27.4.